The zero-order chi connectivity index (χ0) is 22.9. The van der Waals surface area contributed by atoms with Gasteiger partial charge in [-0.15, -0.1) is 0 Å². The molecule has 0 bridgehead atoms. The van der Waals surface area contributed by atoms with Gasteiger partial charge in [-0.25, -0.2) is 4.90 Å². The minimum absolute atomic E-state index is 0.112. The molecule has 5 rings (SSSR count). The maximum Gasteiger partial charge on any atom is 0.282 e. The summed E-state index contributed by atoms with van der Waals surface area (Å²) in [6, 6.07) is 19.0. The SMILES string of the molecule is COc1ccccc1C1=C(Nc2ccc3c(c2)OCCO3)C(=O)N(c2ccccc2Cl)C1=O. The first kappa shape index (κ1) is 20.9. The quantitative estimate of drug-likeness (QED) is 0.562. The average Bonchev–Trinajstić information content (AvgIpc) is 3.08. The van der Waals surface area contributed by atoms with Gasteiger partial charge >= 0.3 is 0 Å². The predicted octanol–water partition coefficient (Wildman–Crippen LogP) is 4.52. The van der Waals surface area contributed by atoms with Gasteiger partial charge in [0.2, 0.25) is 0 Å². The number of carbonyl (C=O) groups excluding carboxylic acids is 2. The molecule has 0 saturated heterocycles. The zero-order valence-electron chi connectivity index (χ0n) is 17.6. The lowest BCUT2D eigenvalue weighted by molar-refractivity contribution is -0.120. The number of imide groups is 1. The highest BCUT2D eigenvalue weighted by atomic mass is 35.5. The van der Waals surface area contributed by atoms with Crippen LogP contribution in [0.4, 0.5) is 11.4 Å². The minimum Gasteiger partial charge on any atom is -0.496 e. The lowest BCUT2D eigenvalue weighted by atomic mass is 10.0. The van der Waals surface area contributed by atoms with Crippen molar-refractivity contribution in [2.45, 2.75) is 0 Å². The Labute approximate surface area is 195 Å². The average molecular weight is 463 g/mol. The van der Waals surface area contributed by atoms with E-state index in [0.29, 0.717) is 52.4 Å². The van der Waals surface area contributed by atoms with Crippen LogP contribution >= 0.6 is 11.6 Å². The van der Waals surface area contributed by atoms with Crippen molar-refractivity contribution in [3.63, 3.8) is 0 Å². The van der Waals surface area contributed by atoms with Gasteiger partial charge < -0.3 is 19.5 Å². The number of fused-ring (bicyclic) bond motifs is 1. The third-order valence-corrected chi connectivity index (χ3v) is 5.68. The summed E-state index contributed by atoms with van der Waals surface area (Å²) >= 11 is 6.33. The number of amides is 2. The molecule has 0 spiro atoms. The second-order valence-corrected chi connectivity index (χ2v) is 7.74. The topological polar surface area (TPSA) is 77.1 Å². The Balaban J connectivity index is 1.63. The normalized spacial score (nSPS) is 15.2. The Morgan fingerprint density at radius 1 is 0.909 bits per heavy atom. The van der Waals surface area contributed by atoms with Crippen LogP contribution in [-0.2, 0) is 9.59 Å². The van der Waals surface area contributed by atoms with Crippen LogP contribution in [0.5, 0.6) is 17.2 Å². The minimum atomic E-state index is -0.524. The van der Waals surface area contributed by atoms with Crippen LogP contribution in [0.25, 0.3) is 5.57 Å². The number of hydrogen-bond donors (Lipinski definition) is 1. The molecular weight excluding hydrogens is 444 g/mol. The summed E-state index contributed by atoms with van der Waals surface area (Å²) in [5.74, 6) is 0.625. The van der Waals surface area contributed by atoms with Gasteiger partial charge in [-0.2, -0.15) is 0 Å². The van der Waals surface area contributed by atoms with E-state index in [0.717, 1.165) is 4.90 Å². The number of ether oxygens (including phenoxy) is 3. The maximum absolute atomic E-state index is 13.6. The summed E-state index contributed by atoms with van der Waals surface area (Å²) in [5.41, 5.74) is 1.67. The molecule has 166 valence electrons. The second-order valence-electron chi connectivity index (χ2n) is 7.33. The van der Waals surface area contributed by atoms with E-state index in [1.165, 1.54) is 7.11 Å². The van der Waals surface area contributed by atoms with Gasteiger partial charge in [0.15, 0.2) is 11.5 Å². The maximum atomic E-state index is 13.6. The molecule has 2 amide bonds. The number of para-hydroxylation sites is 2. The van der Waals surface area contributed by atoms with E-state index in [4.69, 9.17) is 25.8 Å². The fourth-order valence-electron chi connectivity index (χ4n) is 3.86. The molecule has 3 aromatic rings. The van der Waals surface area contributed by atoms with Gasteiger partial charge in [0.25, 0.3) is 11.8 Å². The van der Waals surface area contributed by atoms with Crippen molar-refractivity contribution < 1.29 is 23.8 Å². The van der Waals surface area contributed by atoms with Crippen molar-refractivity contribution in [3.8, 4) is 17.2 Å². The van der Waals surface area contributed by atoms with Crippen molar-refractivity contribution in [2.24, 2.45) is 0 Å². The number of anilines is 2. The van der Waals surface area contributed by atoms with Crippen LogP contribution in [0.1, 0.15) is 5.56 Å². The number of hydrogen-bond acceptors (Lipinski definition) is 6. The van der Waals surface area contributed by atoms with E-state index in [9.17, 15) is 9.59 Å². The molecule has 2 heterocycles. The molecule has 1 N–H and O–H groups in total. The van der Waals surface area contributed by atoms with Gasteiger partial charge in [0.05, 0.1) is 23.4 Å². The smallest absolute Gasteiger partial charge is 0.282 e. The molecule has 0 fully saturated rings. The molecule has 0 saturated carbocycles. The molecule has 2 aliphatic rings. The summed E-state index contributed by atoms with van der Waals surface area (Å²) in [6.45, 7) is 0.909. The van der Waals surface area contributed by atoms with Gasteiger partial charge in [0.1, 0.15) is 24.7 Å². The Hall–Kier alpha value is -3.97. The van der Waals surface area contributed by atoms with Crippen molar-refractivity contribution in [3.05, 3.63) is 83.0 Å². The Kier molecular flexibility index (Phi) is 5.40. The number of carbonyl (C=O) groups is 2. The summed E-state index contributed by atoms with van der Waals surface area (Å²) in [7, 11) is 1.51. The number of methoxy groups -OCH3 is 1. The zero-order valence-corrected chi connectivity index (χ0v) is 18.4. The molecule has 2 aliphatic heterocycles. The van der Waals surface area contributed by atoms with Crippen LogP contribution in [0.2, 0.25) is 5.02 Å². The number of rotatable bonds is 5. The van der Waals surface area contributed by atoms with Crippen molar-refractivity contribution >= 4 is 40.4 Å². The summed E-state index contributed by atoms with van der Waals surface area (Å²) in [4.78, 5) is 28.3. The van der Waals surface area contributed by atoms with Crippen LogP contribution in [-0.4, -0.2) is 32.1 Å². The predicted molar refractivity (Wildman–Crippen MR) is 125 cm³/mol. The van der Waals surface area contributed by atoms with Gasteiger partial charge in [-0.3, -0.25) is 9.59 Å². The molecule has 0 radical (unpaired) electrons. The highest BCUT2D eigenvalue weighted by Gasteiger charge is 2.42. The highest BCUT2D eigenvalue weighted by molar-refractivity contribution is 6.48. The molecule has 33 heavy (non-hydrogen) atoms. The Morgan fingerprint density at radius 2 is 1.64 bits per heavy atom. The van der Waals surface area contributed by atoms with Crippen molar-refractivity contribution in [1.29, 1.82) is 0 Å². The molecule has 0 atom stereocenters. The molecule has 0 aromatic heterocycles. The summed E-state index contributed by atoms with van der Waals surface area (Å²) < 4.78 is 16.7. The fraction of sp³-hybridized carbons (Fsp3) is 0.120. The van der Waals surface area contributed by atoms with E-state index < -0.39 is 11.8 Å². The Bertz CT molecular complexity index is 1300. The van der Waals surface area contributed by atoms with Crippen LogP contribution in [0, 0.1) is 0 Å². The fourth-order valence-corrected chi connectivity index (χ4v) is 4.08. The highest BCUT2D eigenvalue weighted by Crippen LogP contribution is 2.40. The third kappa shape index (κ3) is 3.66. The monoisotopic (exact) mass is 462 g/mol. The van der Waals surface area contributed by atoms with E-state index in [-0.39, 0.29) is 11.3 Å². The van der Waals surface area contributed by atoms with E-state index in [1.54, 1.807) is 66.7 Å². The van der Waals surface area contributed by atoms with Crippen LogP contribution in [0.15, 0.2) is 72.4 Å². The number of benzene rings is 3. The van der Waals surface area contributed by atoms with E-state index in [2.05, 4.69) is 5.32 Å². The van der Waals surface area contributed by atoms with Crippen molar-refractivity contribution in [1.82, 2.24) is 0 Å². The van der Waals surface area contributed by atoms with Crippen LogP contribution < -0.4 is 24.4 Å². The molecule has 0 aliphatic carbocycles. The largest absolute Gasteiger partial charge is 0.496 e. The van der Waals surface area contributed by atoms with Gasteiger partial charge in [-0.1, -0.05) is 41.9 Å². The van der Waals surface area contributed by atoms with Gasteiger partial charge in [0, 0.05) is 17.3 Å². The molecule has 0 unspecified atom stereocenters. The number of halogens is 1. The summed E-state index contributed by atoms with van der Waals surface area (Å²) in [6.07, 6.45) is 0. The third-order valence-electron chi connectivity index (χ3n) is 5.37. The van der Waals surface area contributed by atoms with Gasteiger partial charge in [-0.05, 0) is 30.3 Å². The van der Waals surface area contributed by atoms with Crippen molar-refractivity contribution in [2.75, 3.05) is 30.5 Å². The summed E-state index contributed by atoms with van der Waals surface area (Å²) in [5, 5.41) is 3.41. The molecule has 8 heteroatoms. The number of nitrogens with one attached hydrogen (secondary N) is 1. The second kappa shape index (κ2) is 8.52. The molecule has 7 nitrogen and oxygen atoms in total. The van der Waals surface area contributed by atoms with E-state index in [1.807, 2.05) is 0 Å². The lowest BCUT2D eigenvalue weighted by Crippen LogP contribution is -2.32. The first-order valence-corrected chi connectivity index (χ1v) is 10.6. The standard InChI is InChI=1S/C25H19ClN2O5/c1-31-19-9-5-2-6-16(19)22-23(27-15-10-11-20-21(14-15)33-13-12-32-20)25(30)28(24(22)29)18-8-4-3-7-17(18)26/h2-11,14,27H,12-13H2,1H3. The van der Waals surface area contributed by atoms with E-state index >= 15 is 0 Å². The molecular formula is C25H19ClN2O5. The first-order chi connectivity index (χ1) is 16.1. The molecule has 3 aromatic carbocycles. The Morgan fingerprint density at radius 3 is 2.42 bits per heavy atom. The lowest BCUT2D eigenvalue weighted by Gasteiger charge is -2.19. The first-order valence-electron chi connectivity index (χ1n) is 10.3. The number of nitrogens with zero attached hydrogens (tertiary/aromatic N) is 1. The van der Waals surface area contributed by atoms with Crippen LogP contribution in [0.3, 0.4) is 0 Å².